The molecule has 1 heterocycles. The molecular formula is C13H12ClNO. The summed E-state index contributed by atoms with van der Waals surface area (Å²) in [5.74, 6) is 0. The van der Waals surface area contributed by atoms with E-state index in [9.17, 15) is 5.11 Å². The lowest BCUT2D eigenvalue weighted by molar-refractivity contribution is 0.220. The molecule has 1 aromatic carbocycles. The van der Waals surface area contributed by atoms with Gasteiger partial charge in [-0.1, -0.05) is 29.8 Å². The number of halogens is 1. The summed E-state index contributed by atoms with van der Waals surface area (Å²) in [6.07, 6.45) is 2.66. The Morgan fingerprint density at radius 3 is 2.69 bits per heavy atom. The van der Waals surface area contributed by atoms with Gasteiger partial charge in [0.2, 0.25) is 0 Å². The van der Waals surface area contributed by atoms with Gasteiger partial charge >= 0.3 is 0 Å². The van der Waals surface area contributed by atoms with Crippen LogP contribution in [0.5, 0.6) is 0 Å². The Hall–Kier alpha value is -1.38. The summed E-state index contributed by atoms with van der Waals surface area (Å²) in [6, 6.07) is 9.20. The second kappa shape index (κ2) is 4.64. The van der Waals surface area contributed by atoms with E-state index < -0.39 is 6.10 Å². The van der Waals surface area contributed by atoms with Crippen LogP contribution in [0.15, 0.2) is 42.7 Å². The number of pyridine rings is 1. The molecule has 0 aliphatic carbocycles. The predicted molar refractivity (Wildman–Crippen MR) is 64.5 cm³/mol. The van der Waals surface area contributed by atoms with Crippen LogP contribution in [0.3, 0.4) is 0 Å². The van der Waals surface area contributed by atoms with Crippen molar-refractivity contribution in [3.8, 4) is 0 Å². The molecule has 1 N–H and O–H groups in total. The minimum atomic E-state index is -0.674. The van der Waals surface area contributed by atoms with E-state index in [-0.39, 0.29) is 0 Å². The Morgan fingerprint density at radius 2 is 2.06 bits per heavy atom. The molecule has 0 saturated carbocycles. The highest BCUT2D eigenvalue weighted by atomic mass is 35.5. The second-order valence-corrected chi connectivity index (χ2v) is 4.10. The third-order valence-electron chi connectivity index (χ3n) is 2.51. The highest BCUT2D eigenvalue weighted by molar-refractivity contribution is 6.31. The van der Waals surface area contributed by atoms with Crippen LogP contribution in [0.25, 0.3) is 0 Å². The molecule has 0 amide bonds. The minimum Gasteiger partial charge on any atom is -0.384 e. The Balaban J connectivity index is 2.34. The smallest absolute Gasteiger partial charge is 0.106 e. The van der Waals surface area contributed by atoms with Gasteiger partial charge in [0.15, 0.2) is 0 Å². The van der Waals surface area contributed by atoms with Crippen LogP contribution >= 0.6 is 11.6 Å². The van der Waals surface area contributed by atoms with E-state index in [2.05, 4.69) is 4.98 Å². The summed E-state index contributed by atoms with van der Waals surface area (Å²) < 4.78 is 0. The number of aliphatic hydroxyl groups is 1. The Bertz CT molecular complexity index is 485. The average Bonchev–Trinajstić information content (AvgIpc) is 2.33. The van der Waals surface area contributed by atoms with E-state index in [0.717, 1.165) is 16.7 Å². The van der Waals surface area contributed by atoms with Gasteiger partial charge in [-0.2, -0.15) is 0 Å². The lowest BCUT2D eigenvalue weighted by Gasteiger charge is -2.11. The Labute approximate surface area is 99.5 Å². The van der Waals surface area contributed by atoms with Crippen molar-refractivity contribution in [3.05, 3.63) is 64.4 Å². The SMILES string of the molecule is Cc1ccc(C(O)c2cccnc2)cc1Cl. The molecule has 1 unspecified atom stereocenters. The van der Waals surface area contributed by atoms with Gasteiger partial charge in [0.25, 0.3) is 0 Å². The molecule has 2 rings (SSSR count). The van der Waals surface area contributed by atoms with Crippen molar-refractivity contribution < 1.29 is 5.11 Å². The van der Waals surface area contributed by atoms with Crippen molar-refractivity contribution in [2.45, 2.75) is 13.0 Å². The molecule has 0 bridgehead atoms. The number of rotatable bonds is 2. The van der Waals surface area contributed by atoms with E-state index >= 15 is 0 Å². The fourth-order valence-electron chi connectivity index (χ4n) is 1.51. The maximum atomic E-state index is 10.1. The van der Waals surface area contributed by atoms with E-state index in [1.54, 1.807) is 24.5 Å². The lowest BCUT2D eigenvalue weighted by Crippen LogP contribution is -2.00. The molecule has 3 heteroatoms. The first kappa shape index (κ1) is 11.1. The number of aliphatic hydroxyl groups excluding tert-OH is 1. The van der Waals surface area contributed by atoms with Gasteiger partial charge in [0.05, 0.1) is 0 Å². The van der Waals surface area contributed by atoms with Crippen molar-refractivity contribution in [1.29, 1.82) is 0 Å². The molecule has 0 aliphatic rings. The number of benzene rings is 1. The summed E-state index contributed by atoms with van der Waals surface area (Å²) >= 11 is 6.02. The molecular weight excluding hydrogens is 222 g/mol. The van der Waals surface area contributed by atoms with Crippen LogP contribution in [0, 0.1) is 6.92 Å². The first-order valence-electron chi connectivity index (χ1n) is 5.02. The van der Waals surface area contributed by atoms with Crippen LogP contribution in [-0.4, -0.2) is 10.1 Å². The molecule has 16 heavy (non-hydrogen) atoms. The van der Waals surface area contributed by atoms with E-state index in [0.29, 0.717) is 5.02 Å². The highest BCUT2D eigenvalue weighted by Gasteiger charge is 2.11. The summed E-state index contributed by atoms with van der Waals surface area (Å²) in [5, 5.41) is 10.8. The summed E-state index contributed by atoms with van der Waals surface area (Å²) in [6.45, 7) is 1.93. The molecule has 82 valence electrons. The number of hydrogen-bond donors (Lipinski definition) is 1. The molecule has 0 radical (unpaired) electrons. The predicted octanol–water partition coefficient (Wildman–Crippen LogP) is 3.13. The first-order valence-corrected chi connectivity index (χ1v) is 5.40. The molecule has 1 atom stereocenters. The average molecular weight is 234 g/mol. The van der Waals surface area contributed by atoms with Gasteiger partial charge in [0.1, 0.15) is 6.10 Å². The van der Waals surface area contributed by atoms with E-state index in [1.165, 1.54) is 0 Å². The van der Waals surface area contributed by atoms with Crippen molar-refractivity contribution in [2.75, 3.05) is 0 Å². The summed E-state index contributed by atoms with van der Waals surface area (Å²) in [4.78, 5) is 3.98. The van der Waals surface area contributed by atoms with E-state index in [4.69, 9.17) is 11.6 Å². The van der Waals surface area contributed by atoms with Gasteiger partial charge in [0, 0.05) is 23.0 Å². The third-order valence-corrected chi connectivity index (χ3v) is 2.92. The molecule has 0 fully saturated rings. The monoisotopic (exact) mass is 233 g/mol. The van der Waals surface area contributed by atoms with Crippen molar-refractivity contribution in [1.82, 2.24) is 4.98 Å². The zero-order valence-corrected chi connectivity index (χ0v) is 9.65. The van der Waals surface area contributed by atoms with E-state index in [1.807, 2.05) is 25.1 Å². The topological polar surface area (TPSA) is 33.1 Å². The van der Waals surface area contributed by atoms with Crippen LogP contribution in [-0.2, 0) is 0 Å². The molecule has 0 spiro atoms. The largest absolute Gasteiger partial charge is 0.384 e. The van der Waals surface area contributed by atoms with Crippen LogP contribution in [0.1, 0.15) is 22.8 Å². The quantitative estimate of drug-likeness (QED) is 0.865. The van der Waals surface area contributed by atoms with Crippen LogP contribution < -0.4 is 0 Å². The van der Waals surface area contributed by atoms with Crippen molar-refractivity contribution in [3.63, 3.8) is 0 Å². The molecule has 0 aliphatic heterocycles. The minimum absolute atomic E-state index is 0.667. The van der Waals surface area contributed by atoms with Crippen molar-refractivity contribution >= 4 is 11.6 Å². The summed E-state index contributed by atoms with van der Waals surface area (Å²) in [7, 11) is 0. The maximum absolute atomic E-state index is 10.1. The number of aromatic nitrogens is 1. The second-order valence-electron chi connectivity index (χ2n) is 3.70. The molecule has 1 aromatic heterocycles. The summed E-state index contributed by atoms with van der Waals surface area (Å²) in [5.41, 5.74) is 2.55. The standard InChI is InChI=1S/C13H12ClNO/c1-9-4-5-10(7-12(9)14)13(16)11-3-2-6-15-8-11/h2-8,13,16H,1H3. The third kappa shape index (κ3) is 2.23. The van der Waals surface area contributed by atoms with Gasteiger partial charge in [-0.25, -0.2) is 0 Å². The van der Waals surface area contributed by atoms with Crippen LogP contribution in [0.2, 0.25) is 5.02 Å². The van der Waals surface area contributed by atoms with Gasteiger partial charge in [-0.05, 0) is 30.2 Å². The zero-order chi connectivity index (χ0) is 11.5. The first-order chi connectivity index (χ1) is 7.68. The Morgan fingerprint density at radius 1 is 1.25 bits per heavy atom. The molecule has 0 saturated heterocycles. The number of nitrogens with zero attached hydrogens (tertiary/aromatic N) is 1. The number of hydrogen-bond acceptors (Lipinski definition) is 2. The highest BCUT2D eigenvalue weighted by Crippen LogP contribution is 2.25. The number of aryl methyl sites for hydroxylation is 1. The Kier molecular flexibility index (Phi) is 3.22. The van der Waals surface area contributed by atoms with Gasteiger partial charge < -0.3 is 5.11 Å². The fraction of sp³-hybridized carbons (Fsp3) is 0.154. The van der Waals surface area contributed by atoms with Gasteiger partial charge in [-0.15, -0.1) is 0 Å². The molecule has 2 nitrogen and oxygen atoms in total. The lowest BCUT2D eigenvalue weighted by atomic mass is 10.0. The van der Waals surface area contributed by atoms with Crippen LogP contribution in [0.4, 0.5) is 0 Å². The maximum Gasteiger partial charge on any atom is 0.106 e. The van der Waals surface area contributed by atoms with Crippen molar-refractivity contribution in [2.24, 2.45) is 0 Å². The zero-order valence-electron chi connectivity index (χ0n) is 8.89. The fourth-order valence-corrected chi connectivity index (χ4v) is 1.70. The van der Waals surface area contributed by atoms with Gasteiger partial charge in [-0.3, -0.25) is 4.98 Å². The normalized spacial score (nSPS) is 12.4. The molecule has 2 aromatic rings.